The molecule has 6 nitrogen and oxygen atoms in total. The molecule has 1 aromatic heterocycles. The number of benzene rings is 1. The Bertz CT molecular complexity index is 643. The second kappa shape index (κ2) is 5.73. The highest BCUT2D eigenvalue weighted by molar-refractivity contribution is 5.78. The molecule has 6 heteroatoms. The van der Waals surface area contributed by atoms with E-state index in [1.54, 1.807) is 12.0 Å². The molecule has 20 heavy (non-hydrogen) atoms. The van der Waals surface area contributed by atoms with Crippen molar-refractivity contribution in [1.82, 2.24) is 9.97 Å². The molecule has 0 unspecified atom stereocenters. The molecule has 2 rings (SSSR count). The first-order valence-electron chi connectivity index (χ1n) is 6.26. The molecule has 2 aromatic rings. The van der Waals surface area contributed by atoms with Gasteiger partial charge in [0.2, 0.25) is 0 Å². The van der Waals surface area contributed by atoms with Crippen molar-refractivity contribution in [2.24, 2.45) is 0 Å². The predicted octanol–water partition coefficient (Wildman–Crippen LogP) is 1.86. The highest BCUT2D eigenvalue weighted by Gasteiger charge is 2.11. The summed E-state index contributed by atoms with van der Waals surface area (Å²) in [6.45, 7) is 2.25. The van der Waals surface area contributed by atoms with Gasteiger partial charge in [-0.2, -0.15) is 0 Å². The summed E-state index contributed by atoms with van der Waals surface area (Å²) in [5.74, 6) is 0.607. The fourth-order valence-corrected chi connectivity index (χ4v) is 1.97. The number of carbonyl (C=O) groups is 1. The van der Waals surface area contributed by atoms with Gasteiger partial charge < -0.3 is 14.7 Å². The van der Waals surface area contributed by atoms with E-state index in [0.29, 0.717) is 12.4 Å². The smallest absolute Gasteiger partial charge is 0.305 e. The van der Waals surface area contributed by atoms with E-state index in [4.69, 9.17) is 9.84 Å². The number of methoxy groups -OCH3 is 1. The van der Waals surface area contributed by atoms with Crippen LogP contribution in [-0.2, 0) is 4.79 Å². The van der Waals surface area contributed by atoms with Crippen molar-refractivity contribution in [2.75, 3.05) is 25.6 Å². The van der Waals surface area contributed by atoms with E-state index >= 15 is 0 Å². The average molecular weight is 275 g/mol. The first-order valence-corrected chi connectivity index (χ1v) is 6.26. The Morgan fingerprint density at radius 1 is 1.35 bits per heavy atom. The van der Waals surface area contributed by atoms with E-state index in [0.717, 1.165) is 22.5 Å². The summed E-state index contributed by atoms with van der Waals surface area (Å²) in [5.41, 5.74) is 2.28. The largest absolute Gasteiger partial charge is 0.497 e. The lowest BCUT2D eigenvalue weighted by molar-refractivity contribution is -0.136. The minimum Gasteiger partial charge on any atom is -0.497 e. The van der Waals surface area contributed by atoms with Gasteiger partial charge in [0.05, 0.1) is 30.3 Å². The van der Waals surface area contributed by atoms with E-state index in [2.05, 4.69) is 9.97 Å². The fraction of sp³-hybridized carbons (Fsp3) is 0.357. The number of rotatable bonds is 5. The Morgan fingerprint density at radius 2 is 2.10 bits per heavy atom. The van der Waals surface area contributed by atoms with Gasteiger partial charge >= 0.3 is 5.97 Å². The summed E-state index contributed by atoms with van der Waals surface area (Å²) in [6, 6.07) is 5.50. The average Bonchev–Trinajstić information content (AvgIpc) is 2.43. The zero-order valence-electron chi connectivity index (χ0n) is 11.8. The van der Waals surface area contributed by atoms with Gasteiger partial charge in [-0.3, -0.25) is 4.79 Å². The summed E-state index contributed by atoms with van der Waals surface area (Å²) >= 11 is 0. The molecule has 106 valence electrons. The lowest BCUT2D eigenvalue weighted by Gasteiger charge is -2.19. The van der Waals surface area contributed by atoms with Crippen LogP contribution >= 0.6 is 0 Å². The Labute approximate surface area is 117 Å². The summed E-state index contributed by atoms with van der Waals surface area (Å²) in [4.78, 5) is 21.5. The van der Waals surface area contributed by atoms with Crippen LogP contribution in [0.25, 0.3) is 11.0 Å². The molecule has 0 spiro atoms. The van der Waals surface area contributed by atoms with E-state index < -0.39 is 5.97 Å². The number of aromatic nitrogens is 2. The van der Waals surface area contributed by atoms with E-state index in [1.807, 2.05) is 32.2 Å². The van der Waals surface area contributed by atoms with Crippen molar-refractivity contribution in [1.29, 1.82) is 0 Å². The molecular weight excluding hydrogens is 258 g/mol. The fourth-order valence-electron chi connectivity index (χ4n) is 1.97. The number of ether oxygens (including phenoxy) is 1. The molecule has 0 saturated carbocycles. The van der Waals surface area contributed by atoms with Gasteiger partial charge in [-0.1, -0.05) is 0 Å². The number of hydrogen-bond acceptors (Lipinski definition) is 5. The zero-order valence-corrected chi connectivity index (χ0v) is 11.8. The number of carboxylic acid groups (broad SMARTS) is 1. The Morgan fingerprint density at radius 3 is 2.75 bits per heavy atom. The number of carboxylic acids is 1. The third-order valence-electron chi connectivity index (χ3n) is 3.04. The third kappa shape index (κ3) is 2.96. The maximum absolute atomic E-state index is 10.6. The number of aliphatic carboxylic acids is 1. The van der Waals surface area contributed by atoms with Crippen molar-refractivity contribution in [3.63, 3.8) is 0 Å². The number of hydrogen-bond donors (Lipinski definition) is 1. The van der Waals surface area contributed by atoms with E-state index in [-0.39, 0.29) is 6.42 Å². The van der Waals surface area contributed by atoms with E-state index in [9.17, 15) is 4.79 Å². The van der Waals surface area contributed by atoms with Crippen LogP contribution in [0.5, 0.6) is 5.75 Å². The molecule has 1 N–H and O–H groups in total. The molecule has 0 amide bonds. The van der Waals surface area contributed by atoms with Crippen LogP contribution in [0.1, 0.15) is 12.1 Å². The predicted molar refractivity (Wildman–Crippen MR) is 76.3 cm³/mol. The molecule has 1 heterocycles. The Kier molecular flexibility index (Phi) is 4.02. The Balaban J connectivity index is 2.35. The van der Waals surface area contributed by atoms with Crippen LogP contribution in [0.4, 0.5) is 5.82 Å². The molecule has 0 saturated heterocycles. The standard InChI is InChI=1S/C14H17N3O3/c1-9-14(17(2)7-6-13(18)19)16-11-5-4-10(20-3)8-12(11)15-9/h4-5,8H,6-7H2,1-3H3,(H,18,19). The van der Waals surface area contributed by atoms with E-state index in [1.165, 1.54) is 0 Å². The van der Waals surface area contributed by atoms with Crippen LogP contribution < -0.4 is 9.64 Å². The lowest BCUT2D eigenvalue weighted by Crippen LogP contribution is -2.23. The van der Waals surface area contributed by atoms with Gasteiger partial charge in [-0.25, -0.2) is 9.97 Å². The second-order valence-corrected chi connectivity index (χ2v) is 4.55. The zero-order chi connectivity index (χ0) is 14.7. The van der Waals surface area contributed by atoms with Crippen molar-refractivity contribution >= 4 is 22.8 Å². The molecule has 0 bridgehead atoms. The first kappa shape index (κ1) is 14.0. The topological polar surface area (TPSA) is 75.5 Å². The van der Waals surface area contributed by atoms with Gasteiger partial charge in [-0.15, -0.1) is 0 Å². The van der Waals surface area contributed by atoms with Crippen LogP contribution in [0.2, 0.25) is 0 Å². The SMILES string of the molecule is COc1ccc2nc(N(C)CCC(=O)O)c(C)nc2c1. The molecule has 1 aromatic carbocycles. The van der Waals surface area contributed by atoms with Gasteiger partial charge in [0.15, 0.2) is 5.82 Å². The van der Waals surface area contributed by atoms with Crippen LogP contribution in [0.3, 0.4) is 0 Å². The van der Waals surface area contributed by atoms with Crippen LogP contribution in [0, 0.1) is 6.92 Å². The van der Waals surface area contributed by atoms with Crippen molar-refractivity contribution in [2.45, 2.75) is 13.3 Å². The number of anilines is 1. The minimum atomic E-state index is -0.826. The van der Waals surface area contributed by atoms with Gasteiger partial charge in [0, 0.05) is 19.7 Å². The first-order chi connectivity index (χ1) is 9.51. The van der Waals surface area contributed by atoms with Crippen LogP contribution in [-0.4, -0.2) is 41.7 Å². The lowest BCUT2D eigenvalue weighted by atomic mass is 10.2. The molecule has 0 radical (unpaired) electrons. The molecule has 0 aliphatic carbocycles. The maximum atomic E-state index is 10.6. The molecule has 0 fully saturated rings. The second-order valence-electron chi connectivity index (χ2n) is 4.55. The normalized spacial score (nSPS) is 10.6. The summed E-state index contributed by atoms with van der Waals surface area (Å²) in [6.07, 6.45) is 0.0677. The highest BCUT2D eigenvalue weighted by Crippen LogP contribution is 2.22. The summed E-state index contributed by atoms with van der Waals surface area (Å²) < 4.78 is 5.16. The van der Waals surface area contributed by atoms with Gasteiger partial charge in [0.1, 0.15) is 5.75 Å². The van der Waals surface area contributed by atoms with Crippen molar-refractivity contribution < 1.29 is 14.6 Å². The van der Waals surface area contributed by atoms with Gasteiger partial charge in [-0.05, 0) is 19.1 Å². The molecule has 0 aliphatic rings. The number of nitrogens with zero attached hydrogens (tertiary/aromatic N) is 3. The minimum absolute atomic E-state index is 0.0677. The summed E-state index contributed by atoms with van der Waals surface area (Å²) in [5, 5.41) is 8.73. The van der Waals surface area contributed by atoms with Gasteiger partial charge in [0.25, 0.3) is 0 Å². The monoisotopic (exact) mass is 275 g/mol. The Hall–Kier alpha value is -2.37. The molecular formula is C14H17N3O3. The molecule has 0 atom stereocenters. The summed E-state index contributed by atoms with van der Waals surface area (Å²) in [7, 11) is 3.42. The van der Waals surface area contributed by atoms with Crippen LogP contribution in [0.15, 0.2) is 18.2 Å². The maximum Gasteiger partial charge on any atom is 0.305 e. The number of fused-ring (bicyclic) bond motifs is 1. The molecule has 0 aliphatic heterocycles. The van der Waals surface area contributed by atoms with Crippen molar-refractivity contribution in [3.8, 4) is 5.75 Å². The third-order valence-corrected chi connectivity index (χ3v) is 3.04. The van der Waals surface area contributed by atoms with Crippen molar-refractivity contribution in [3.05, 3.63) is 23.9 Å². The quantitative estimate of drug-likeness (QED) is 0.897. The number of aryl methyl sites for hydroxylation is 1. The highest BCUT2D eigenvalue weighted by atomic mass is 16.5.